The van der Waals surface area contributed by atoms with E-state index in [4.69, 9.17) is 18.9 Å². The topological polar surface area (TPSA) is 267 Å². The number of hydrogen-bond donors (Lipinski definition) is 8. The predicted octanol–water partition coefficient (Wildman–Crippen LogP) is 1.86. The van der Waals surface area contributed by atoms with Gasteiger partial charge < -0.3 is 59.8 Å². The standard InChI is InChI=1S/C42H62O16.Na/c1-37(2)21-8-11-42(7)31(20(43)16-18-19-17-39(4,36(53)54)13-12-38(19,3)14-15-41(18,42)6)40(21,5)10-9-22(37)55-35-30(26(47)25(46)29(57-35)33(51)52)58-34-27(48)23(44)24(45)28(56-34)32(49)50;/h16,19,21-31,34-35,44-48H,8-15,17H2,1-7H3,(H,49,50)(H,51,52)(H,53,54);/t19-,21-,22-,23?,24?,25?,26?,27?,28-,29-,30+,31+,34-,35-,38?,39-,40?,41?,42?;/m0./s1. The van der Waals surface area contributed by atoms with E-state index in [1.54, 1.807) is 0 Å². The van der Waals surface area contributed by atoms with Crippen LogP contribution in [0.4, 0.5) is 0 Å². The van der Waals surface area contributed by atoms with Crippen LogP contribution in [0.3, 0.4) is 0 Å². The fourth-order valence-electron chi connectivity index (χ4n) is 13.4. The first-order valence-electron chi connectivity index (χ1n) is 20.7. The molecule has 0 bridgehead atoms. The van der Waals surface area contributed by atoms with Gasteiger partial charge in [0, 0.05) is 35.5 Å². The van der Waals surface area contributed by atoms with E-state index in [2.05, 4.69) is 27.7 Å². The van der Waals surface area contributed by atoms with Crippen molar-refractivity contribution in [2.75, 3.05) is 0 Å². The van der Waals surface area contributed by atoms with Crippen LogP contribution in [-0.2, 0) is 38.1 Å². The number of aliphatic hydroxyl groups excluding tert-OH is 5. The third kappa shape index (κ3) is 7.02. The maximum Gasteiger partial charge on any atom is 0.335 e. The summed E-state index contributed by atoms with van der Waals surface area (Å²) in [7, 11) is 0. The molecule has 327 valence electrons. The van der Waals surface area contributed by atoms with E-state index in [0.717, 1.165) is 37.7 Å². The number of fused-ring (bicyclic) bond motifs is 7. The smallest absolute Gasteiger partial charge is 0.335 e. The van der Waals surface area contributed by atoms with Crippen LogP contribution in [0.25, 0.3) is 0 Å². The molecular weight excluding hydrogens is 783 g/mol. The van der Waals surface area contributed by atoms with Crippen LogP contribution in [0.1, 0.15) is 106 Å². The van der Waals surface area contributed by atoms with Crippen LogP contribution in [0.2, 0.25) is 0 Å². The fraction of sp³-hybridized carbons (Fsp3) is 0.857. The molecule has 0 aromatic carbocycles. The van der Waals surface area contributed by atoms with Gasteiger partial charge in [-0.1, -0.05) is 47.1 Å². The second-order valence-electron chi connectivity index (χ2n) is 20.6. The summed E-state index contributed by atoms with van der Waals surface area (Å²) in [6.07, 6.45) is -12.2. The van der Waals surface area contributed by atoms with E-state index in [0.29, 0.717) is 25.7 Å². The Labute approximate surface area is 366 Å². The van der Waals surface area contributed by atoms with Gasteiger partial charge in [0.1, 0.15) is 36.6 Å². The Morgan fingerprint density at radius 2 is 1.27 bits per heavy atom. The van der Waals surface area contributed by atoms with Crippen molar-refractivity contribution in [1.29, 1.82) is 0 Å². The van der Waals surface area contributed by atoms with Crippen molar-refractivity contribution in [3.63, 3.8) is 0 Å². The number of aliphatic hydroxyl groups is 5. The zero-order valence-electron chi connectivity index (χ0n) is 35.4. The van der Waals surface area contributed by atoms with E-state index in [9.17, 15) is 60.0 Å². The van der Waals surface area contributed by atoms with Gasteiger partial charge in [-0.25, -0.2) is 9.59 Å². The zero-order chi connectivity index (χ0) is 42.9. The summed E-state index contributed by atoms with van der Waals surface area (Å²) in [5.74, 6) is -4.47. The van der Waals surface area contributed by atoms with Crippen LogP contribution >= 0.6 is 0 Å². The number of allylic oxidation sites excluding steroid dienone is 2. The molecule has 59 heavy (non-hydrogen) atoms. The van der Waals surface area contributed by atoms with Crippen molar-refractivity contribution < 1.29 is 79.0 Å². The number of aliphatic carboxylic acids is 3. The first-order chi connectivity index (χ1) is 26.8. The molecule has 0 amide bonds. The summed E-state index contributed by atoms with van der Waals surface area (Å²) < 4.78 is 23.4. The van der Waals surface area contributed by atoms with Crippen molar-refractivity contribution >= 4 is 53.2 Å². The summed E-state index contributed by atoms with van der Waals surface area (Å²) in [4.78, 5) is 51.3. The number of rotatable bonds is 7. The van der Waals surface area contributed by atoms with Crippen molar-refractivity contribution in [2.45, 2.75) is 174 Å². The Kier molecular flexibility index (Phi) is 12.4. The summed E-state index contributed by atoms with van der Waals surface area (Å²) in [6.45, 7) is 14.8. The van der Waals surface area contributed by atoms with E-state index >= 15 is 0 Å². The minimum Gasteiger partial charge on any atom is -0.481 e. The Hall–Kier alpha value is -1.54. The number of ether oxygens (including phenoxy) is 4. The van der Waals surface area contributed by atoms with Crippen LogP contribution in [0, 0.1) is 50.2 Å². The van der Waals surface area contributed by atoms with E-state index in [1.165, 1.54) is 0 Å². The quantitative estimate of drug-likeness (QED) is 0.134. The first kappa shape index (κ1) is 47.0. The largest absolute Gasteiger partial charge is 0.481 e. The van der Waals surface area contributed by atoms with Crippen molar-refractivity contribution in [1.82, 2.24) is 0 Å². The third-order valence-corrected chi connectivity index (χ3v) is 17.2. The van der Waals surface area contributed by atoms with Gasteiger partial charge in [-0.3, -0.25) is 9.59 Å². The molecule has 5 aliphatic carbocycles. The van der Waals surface area contributed by atoms with Crippen LogP contribution < -0.4 is 0 Å². The summed E-state index contributed by atoms with van der Waals surface area (Å²) in [6, 6.07) is 0. The van der Waals surface area contributed by atoms with Crippen LogP contribution in [0.5, 0.6) is 0 Å². The SMILES string of the molecule is CC12CCC3(C)C(=CC(=O)[C@@H]4C5(C)CC[C@H](O[C@H]6O[C@H](C(=O)O)C(O)C(O)[C@H]6O[C@@H]6O[C@H](C(=O)O)C(O)C(O)C6O)C(C)(C)[C@@H]5CCC43C)[C@@H]1C[C@@](C)(C(=O)O)CC2.[Na]. The van der Waals surface area contributed by atoms with Gasteiger partial charge >= 0.3 is 17.9 Å². The predicted molar refractivity (Wildman–Crippen MR) is 205 cm³/mol. The summed E-state index contributed by atoms with van der Waals surface area (Å²) in [5, 5.41) is 83.0. The van der Waals surface area contributed by atoms with Gasteiger partial charge in [-0.2, -0.15) is 0 Å². The molecule has 0 aromatic heterocycles. The normalized spacial score (nSPS) is 51.7. The molecule has 7 rings (SSSR count). The Morgan fingerprint density at radius 1 is 0.695 bits per heavy atom. The van der Waals surface area contributed by atoms with E-state index in [-0.39, 0.29) is 63.9 Å². The molecule has 2 saturated heterocycles. The molecule has 0 spiro atoms. The molecule has 4 saturated carbocycles. The Morgan fingerprint density at radius 3 is 1.86 bits per heavy atom. The van der Waals surface area contributed by atoms with Gasteiger partial charge in [-0.15, -0.1) is 0 Å². The fourth-order valence-corrected chi connectivity index (χ4v) is 13.4. The molecule has 9 unspecified atom stereocenters. The number of hydrogen-bond acceptors (Lipinski definition) is 13. The van der Waals surface area contributed by atoms with E-state index < -0.39 is 107 Å². The molecule has 2 heterocycles. The average molecular weight is 846 g/mol. The number of carbonyl (C=O) groups is 4. The molecule has 8 N–H and O–H groups in total. The van der Waals surface area contributed by atoms with Gasteiger partial charge in [0.2, 0.25) is 0 Å². The van der Waals surface area contributed by atoms with Crippen molar-refractivity contribution in [3.05, 3.63) is 11.6 Å². The third-order valence-electron chi connectivity index (χ3n) is 17.2. The van der Waals surface area contributed by atoms with Gasteiger partial charge in [0.15, 0.2) is 30.6 Å². The van der Waals surface area contributed by atoms with Crippen molar-refractivity contribution in [2.24, 2.45) is 50.2 Å². The molecule has 1 radical (unpaired) electrons. The maximum atomic E-state index is 14.8. The van der Waals surface area contributed by atoms with Crippen LogP contribution in [0.15, 0.2) is 11.6 Å². The number of carbonyl (C=O) groups excluding carboxylic acids is 1. The monoisotopic (exact) mass is 845 g/mol. The van der Waals surface area contributed by atoms with Crippen molar-refractivity contribution in [3.8, 4) is 0 Å². The first-order valence-corrected chi connectivity index (χ1v) is 20.7. The number of carboxylic acids is 3. The number of carboxylic acid groups (broad SMARTS) is 3. The molecule has 2 aliphatic heterocycles. The molecule has 19 atom stereocenters. The summed E-state index contributed by atoms with van der Waals surface area (Å²) in [5.41, 5.74) is -1.81. The zero-order valence-corrected chi connectivity index (χ0v) is 37.4. The molecule has 0 aromatic rings. The van der Waals surface area contributed by atoms with Gasteiger partial charge in [-0.05, 0) is 110 Å². The average Bonchev–Trinajstić information content (AvgIpc) is 3.13. The molecular formula is C42H62NaO16. The Balaban J connectivity index is 0.00000585. The second-order valence-corrected chi connectivity index (χ2v) is 20.6. The minimum atomic E-state index is -2.05. The molecule has 6 fully saturated rings. The maximum absolute atomic E-state index is 14.8. The number of ketones is 1. The van der Waals surface area contributed by atoms with E-state index in [1.807, 2.05) is 26.8 Å². The molecule has 16 nitrogen and oxygen atoms in total. The summed E-state index contributed by atoms with van der Waals surface area (Å²) >= 11 is 0. The minimum absolute atomic E-state index is 0. The van der Waals surface area contributed by atoms with Gasteiger partial charge in [0.05, 0.1) is 11.5 Å². The molecule has 7 aliphatic rings. The second kappa shape index (κ2) is 15.6. The van der Waals surface area contributed by atoms with Gasteiger partial charge in [0.25, 0.3) is 0 Å². The molecule has 17 heteroatoms. The van der Waals surface area contributed by atoms with Crippen LogP contribution in [-0.4, -0.2) is 162 Å². The Bertz CT molecular complexity index is 1740.